The molecule has 0 radical (unpaired) electrons. The lowest BCUT2D eigenvalue weighted by Crippen LogP contribution is -1.90. The maximum absolute atomic E-state index is 13.6. The van der Waals surface area contributed by atoms with Crippen LogP contribution in [0.3, 0.4) is 0 Å². The molecule has 88 valence electrons. The summed E-state index contributed by atoms with van der Waals surface area (Å²) in [6.45, 7) is 1.89. The molecule has 0 saturated heterocycles. The van der Waals surface area contributed by atoms with Crippen LogP contribution in [0.1, 0.15) is 22.2 Å². The zero-order valence-corrected chi connectivity index (χ0v) is 10.1. The fraction of sp³-hybridized carbons (Fsp3) is 0.154. The molecule has 1 N–H and O–H groups in total. The van der Waals surface area contributed by atoms with Gasteiger partial charge in [-0.25, -0.2) is 9.18 Å². The minimum Gasteiger partial charge on any atom is -0.477 e. The highest BCUT2D eigenvalue weighted by atomic mass is 32.1. The molecule has 1 aromatic carbocycles. The third kappa shape index (κ3) is 2.36. The Bertz CT molecular complexity index is 560. The molecular formula is C13H11FO2S. The van der Waals surface area contributed by atoms with Crippen molar-refractivity contribution in [1.82, 2.24) is 0 Å². The van der Waals surface area contributed by atoms with Gasteiger partial charge in [-0.15, -0.1) is 11.3 Å². The molecule has 0 bridgehead atoms. The van der Waals surface area contributed by atoms with Gasteiger partial charge >= 0.3 is 5.97 Å². The molecule has 0 atom stereocenters. The number of hydrogen-bond acceptors (Lipinski definition) is 2. The fourth-order valence-electron chi connectivity index (χ4n) is 1.61. The zero-order valence-electron chi connectivity index (χ0n) is 9.24. The van der Waals surface area contributed by atoms with Crippen LogP contribution in [0.25, 0.3) is 11.1 Å². The van der Waals surface area contributed by atoms with Gasteiger partial charge in [-0.3, -0.25) is 0 Å². The Morgan fingerprint density at radius 2 is 2.12 bits per heavy atom. The standard InChI is InChI=1S/C13H11FO2S/c1-2-8-3-4-9(5-11(8)14)10-6-12(13(15)16)17-7-10/h3-7H,2H2,1H3,(H,15,16). The molecule has 0 saturated carbocycles. The molecule has 2 rings (SSSR count). The van der Waals surface area contributed by atoms with Crippen molar-refractivity contribution >= 4 is 17.3 Å². The summed E-state index contributed by atoms with van der Waals surface area (Å²) in [5.41, 5.74) is 2.12. The molecule has 0 fully saturated rings. The van der Waals surface area contributed by atoms with Crippen LogP contribution in [-0.2, 0) is 6.42 Å². The van der Waals surface area contributed by atoms with E-state index >= 15 is 0 Å². The molecule has 0 aliphatic heterocycles. The van der Waals surface area contributed by atoms with Crippen molar-refractivity contribution in [2.45, 2.75) is 13.3 Å². The van der Waals surface area contributed by atoms with Crippen LogP contribution in [0.4, 0.5) is 4.39 Å². The molecule has 0 unspecified atom stereocenters. The Morgan fingerprint density at radius 1 is 1.35 bits per heavy atom. The van der Waals surface area contributed by atoms with E-state index in [4.69, 9.17) is 5.11 Å². The lowest BCUT2D eigenvalue weighted by molar-refractivity contribution is 0.0702. The smallest absolute Gasteiger partial charge is 0.345 e. The van der Waals surface area contributed by atoms with Gasteiger partial charge in [0.15, 0.2) is 0 Å². The van der Waals surface area contributed by atoms with Crippen LogP contribution in [0.2, 0.25) is 0 Å². The quantitative estimate of drug-likeness (QED) is 0.899. The SMILES string of the molecule is CCc1ccc(-c2csc(C(=O)O)c2)cc1F. The molecular weight excluding hydrogens is 239 g/mol. The van der Waals surface area contributed by atoms with Crippen LogP contribution in [0.15, 0.2) is 29.6 Å². The van der Waals surface area contributed by atoms with Crippen molar-refractivity contribution < 1.29 is 14.3 Å². The van der Waals surface area contributed by atoms with E-state index in [2.05, 4.69) is 0 Å². The Kier molecular flexibility index (Phi) is 3.24. The number of halogens is 1. The van der Waals surface area contributed by atoms with Crippen molar-refractivity contribution in [2.75, 3.05) is 0 Å². The number of aromatic carboxylic acids is 1. The van der Waals surface area contributed by atoms with Crippen molar-refractivity contribution in [1.29, 1.82) is 0 Å². The second-order valence-electron chi connectivity index (χ2n) is 3.66. The number of carbonyl (C=O) groups is 1. The average Bonchev–Trinajstić information content (AvgIpc) is 2.78. The summed E-state index contributed by atoms with van der Waals surface area (Å²) in [5.74, 6) is -1.19. The first-order valence-electron chi connectivity index (χ1n) is 5.22. The highest BCUT2D eigenvalue weighted by Gasteiger charge is 2.09. The van der Waals surface area contributed by atoms with Crippen molar-refractivity contribution in [3.8, 4) is 11.1 Å². The largest absolute Gasteiger partial charge is 0.477 e. The highest BCUT2D eigenvalue weighted by molar-refractivity contribution is 7.12. The van der Waals surface area contributed by atoms with Crippen molar-refractivity contribution in [3.63, 3.8) is 0 Å². The minimum atomic E-state index is -0.952. The van der Waals surface area contributed by atoms with Crippen LogP contribution in [0.5, 0.6) is 0 Å². The second kappa shape index (κ2) is 4.67. The van der Waals surface area contributed by atoms with E-state index < -0.39 is 5.97 Å². The van der Waals surface area contributed by atoms with Gasteiger partial charge in [0.25, 0.3) is 0 Å². The summed E-state index contributed by atoms with van der Waals surface area (Å²) >= 11 is 1.15. The van der Waals surface area contributed by atoms with Gasteiger partial charge in [0.05, 0.1) is 0 Å². The molecule has 0 amide bonds. The predicted molar refractivity (Wildman–Crippen MR) is 66.1 cm³/mol. The lowest BCUT2D eigenvalue weighted by atomic mass is 10.0. The van der Waals surface area contributed by atoms with E-state index in [9.17, 15) is 9.18 Å². The van der Waals surface area contributed by atoms with Crippen molar-refractivity contribution in [2.24, 2.45) is 0 Å². The van der Waals surface area contributed by atoms with Gasteiger partial charge in [0, 0.05) is 0 Å². The topological polar surface area (TPSA) is 37.3 Å². The first-order valence-corrected chi connectivity index (χ1v) is 6.10. The van der Waals surface area contributed by atoms with E-state index in [1.807, 2.05) is 13.0 Å². The first-order chi connectivity index (χ1) is 8.11. The van der Waals surface area contributed by atoms with Gasteiger partial charge in [-0.05, 0) is 40.6 Å². The predicted octanol–water partition coefficient (Wildman–Crippen LogP) is 3.81. The Labute approximate surface area is 102 Å². The molecule has 2 aromatic rings. The second-order valence-corrected chi connectivity index (χ2v) is 4.58. The maximum atomic E-state index is 13.6. The summed E-state index contributed by atoms with van der Waals surface area (Å²) < 4.78 is 13.6. The van der Waals surface area contributed by atoms with Crippen molar-refractivity contribution in [3.05, 3.63) is 45.9 Å². The van der Waals surface area contributed by atoms with Gasteiger partial charge < -0.3 is 5.11 Å². The molecule has 4 heteroatoms. The third-order valence-corrected chi connectivity index (χ3v) is 3.50. The maximum Gasteiger partial charge on any atom is 0.345 e. The number of thiophene rings is 1. The van der Waals surface area contributed by atoms with Gasteiger partial charge in [0.1, 0.15) is 10.7 Å². The van der Waals surface area contributed by atoms with Gasteiger partial charge in [-0.1, -0.05) is 19.1 Å². The number of hydrogen-bond donors (Lipinski definition) is 1. The first kappa shape index (κ1) is 11.8. The number of carboxylic acid groups (broad SMARTS) is 1. The zero-order chi connectivity index (χ0) is 12.4. The normalized spacial score (nSPS) is 10.5. The molecule has 0 aliphatic carbocycles. The molecule has 0 spiro atoms. The highest BCUT2D eigenvalue weighted by Crippen LogP contribution is 2.27. The van der Waals surface area contributed by atoms with Crippen LogP contribution in [-0.4, -0.2) is 11.1 Å². The molecule has 17 heavy (non-hydrogen) atoms. The summed E-state index contributed by atoms with van der Waals surface area (Å²) in [4.78, 5) is 11.0. The summed E-state index contributed by atoms with van der Waals surface area (Å²) in [6, 6.07) is 6.57. The summed E-state index contributed by atoms with van der Waals surface area (Å²) in [5, 5.41) is 10.5. The molecule has 2 nitrogen and oxygen atoms in total. The Balaban J connectivity index is 2.39. The summed E-state index contributed by atoms with van der Waals surface area (Å²) in [7, 11) is 0. The van der Waals surface area contributed by atoms with E-state index in [1.54, 1.807) is 17.5 Å². The van der Waals surface area contributed by atoms with Gasteiger partial charge in [0.2, 0.25) is 0 Å². The number of carboxylic acids is 1. The lowest BCUT2D eigenvalue weighted by Gasteiger charge is -2.02. The minimum absolute atomic E-state index is 0.243. The van der Waals surface area contributed by atoms with Crippen LogP contribution >= 0.6 is 11.3 Å². The number of rotatable bonds is 3. The van der Waals surface area contributed by atoms with E-state index in [0.29, 0.717) is 17.5 Å². The number of benzene rings is 1. The fourth-order valence-corrected chi connectivity index (χ4v) is 2.37. The van der Waals surface area contributed by atoms with E-state index in [-0.39, 0.29) is 10.7 Å². The third-order valence-electron chi connectivity index (χ3n) is 2.58. The molecule has 1 heterocycles. The monoisotopic (exact) mass is 250 g/mol. The Morgan fingerprint density at radius 3 is 2.65 bits per heavy atom. The number of aryl methyl sites for hydroxylation is 1. The van der Waals surface area contributed by atoms with Crippen LogP contribution in [0, 0.1) is 5.82 Å². The molecule has 1 aromatic heterocycles. The Hall–Kier alpha value is -1.68. The van der Waals surface area contributed by atoms with Gasteiger partial charge in [-0.2, -0.15) is 0 Å². The van der Waals surface area contributed by atoms with Crippen LogP contribution < -0.4 is 0 Å². The molecule has 0 aliphatic rings. The summed E-state index contributed by atoms with van der Waals surface area (Å²) in [6.07, 6.45) is 0.649. The average molecular weight is 250 g/mol. The van der Waals surface area contributed by atoms with E-state index in [0.717, 1.165) is 16.9 Å². The van der Waals surface area contributed by atoms with E-state index in [1.165, 1.54) is 6.07 Å².